The summed E-state index contributed by atoms with van der Waals surface area (Å²) in [5.74, 6) is -1.14. The molecule has 0 spiro atoms. The Hall–Kier alpha value is -0.840. The van der Waals surface area contributed by atoms with E-state index in [0.717, 1.165) is 0 Å². The largest absolute Gasteiger partial charge is 0.394 e. The summed E-state index contributed by atoms with van der Waals surface area (Å²) in [5.41, 5.74) is 0. The molecule has 11 N–H and O–H groups in total. The average molecular weight is 591 g/mol. The predicted octanol–water partition coefficient (Wildman–Crippen LogP) is -7.10. The molecule has 16 nitrogen and oxygen atoms in total. The zero-order chi connectivity index (χ0) is 28.6. The monoisotopic (exact) mass is 590 g/mol. The highest BCUT2D eigenvalue weighted by Gasteiger charge is 2.45. The lowest BCUT2D eigenvalue weighted by molar-refractivity contribution is -0.254. The molecule has 2 aliphatic rings. The van der Waals surface area contributed by atoms with Gasteiger partial charge in [-0.15, -0.1) is 0 Å². The molecule has 2 heterocycles. The average Bonchev–Trinajstić information content (AvgIpc) is 2.90. The van der Waals surface area contributed by atoms with E-state index in [1.807, 2.05) is 0 Å². The zero-order valence-corrected chi connectivity index (χ0v) is 22.1. The van der Waals surface area contributed by atoms with Crippen LogP contribution in [0.3, 0.4) is 0 Å². The van der Waals surface area contributed by atoms with Gasteiger partial charge in [-0.25, -0.2) is 0 Å². The molecule has 11 atom stereocenters. The van der Waals surface area contributed by atoms with Crippen LogP contribution in [0.2, 0.25) is 0 Å². The summed E-state index contributed by atoms with van der Waals surface area (Å²) in [4.78, 5) is 26.7. The van der Waals surface area contributed by atoms with Crippen LogP contribution in [0.1, 0.15) is 0 Å². The number of hydrogen-bond acceptors (Lipinski definition) is 16. The molecule has 0 radical (unpaired) electrons. The smallest absolute Gasteiger partial charge is 0.238 e. The first-order valence-corrected chi connectivity index (χ1v) is 13.1. The molecule has 0 aromatic heterocycles. The molecule has 18 heteroatoms. The van der Waals surface area contributed by atoms with Crippen LogP contribution >= 0.6 is 25.3 Å². The van der Waals surface area contributed by atoms with Crippen molar-refractivity contribution >= 4 is 37.1 Å². The molecule has 222 valence electrons. The predicted molar refractivity (Wildman–Crippen MR) is 135 cm³/mol. The zero-order valence-electron chi connectivity index (χ0n) is 20.4. The Morgan fingerprint density at radius 3 is 1.76 bits per heavy atom. The summed E-state index contributed by atoms with van der Waals surface area (Å²) in [6.07, 6.45) is -12.0. The summed E-state index contributed by atoms with van der Waals surface area (Å²) in [5, 5.41) is 86.3. The van der Waals surface area contributed by atoms with Gasteiger partial charge in [-0.2, -0.15) is 25.3 Å². The normalized spacial score (nSPS) is 36.6. The van der Waals surface area contributed by atoms with E-state index in [1.54, 1.807) is 4.90 Å². The molecular weight excluding hydrogens is 552 g/mol. The van der Waals surface area contributed by atoms with Gasteiger partial charge in [0.1, 0.15) is 48.7 Å². The van der Waals surface area contributed by atoms with Crippen molar-refractivity contribution in [2.24, 2.45) is 0 Å². The van der Waals surface area contributed by atoms with Crippen LogP contribution in [0, 0.1) is 0 Å². The van der Waals surface area contributed by atoms with E-state index in [9.17, 15) is 40.2 Å². The number of nitrogens with zero attached hydrogens (tertiary/aromatic N) is 1. The third-order valence-corrected chi connectivity index (χ3v) is 7.09. The Morgan fingerprint density at radius 2 is 1.32 bits per heavy atom. The molecule has 1 unspecified atom stereocenters. The second-order valence-corrected chi connectivity index (χ2v) is 9.62. The number of carbonyl (C=O) groups is 2. The summed E-state index contributed by atoms with van der Waals surface area (Å²) in [6, 6.07) is -3.59. The van der Waals surface area contributed by atoms with Gasteiger partial charge in [-0.1, -0.05) is 0 Å². The van der Waals surface area contributed by atoms with Crippen LogP contribution in [-0.4, -0.2) is 169 Å². The second-order valence-electron chi connectivity index (χ2n) is 8.97. The molecule has 0 aromatic rings. The first kappa shape index (κ1) is 33.4. The molecule has 2 amide bonds. The number of hydrogen-bond donors (Lipinski definition) is 13. The standard InChI is InChI=1S/C20H38N4O12S2/c25-4-9-14(28)16(30)12(19(33)35-9)22-11(27)3-24(7-38)2-1-21-8(6-37)18(32)23-13-17(31)15(29)10(5-26)36-20(13)34/h8-10,12-17,19-21,25-26,28-31,33-34,37-38H,1-7H2,(H,22,27)(H,23,32)/t8?,9-,10+,12-,13+,14-,15+,16-,17+,19-,20+/m0/s1. The Labute approximate surface area is 229 Å². The topological polar surface area (TPSA) is 254 Å². The first-order valence-electron chi connectivity index (χ1n) is 11.9. The molecule has 2 fully saturated rings. The Kier molecular flexibility index (Phi) is 13.9. The number of thiol groups is 2. The maximum atomic E-state index is 12.6. The van der Waals surface area contributed by atoms with Crippen molar-refractivity contribution in [2.75, 3.05) is 44.5 Å². The summed E-state index contributed by atoms with van der Waals surface area (Å²) in [7, 11) is 0. The van der Waals surface area contributed by atoms with Gasteiger partial charge in [0, 0.05) is 24.7 Å². The lowest BCUT2D eigenvalue weighted by atomic mass is 9.97. The fourth-order valence-corrected chi connectivity index (χ4v) is 4.58. The van der Waals surface area contributed by atoms with Crippen molar-refractivity contribution < 1.29 is 59.9 Å². The first-order chi connectivity index (χ1) is 18.0. The van der Waals surface area contributed by atoms with Crippen molar-refractivity contribution in [1.82, 2.24) is 20.9 Å². The third-order valence-electron chi connectivity index (χ3n) is 6.32. The van der Waals surface area contributed by atoms with E-state index in [1.165, 1.54) is 0 Å². The quantitative estimate of drug-likeness (QED) is 0.0703. The van der Waals surface area contributed by atoms with Crippen molar-refractivity contribution in [2.45, 2.75) is 67.3 Å². The van der Waals surface area contributed by atoms with E-state index in [0.29, 0.717) is 0 Å². The van der Waals surface area contributed by atoms with Gasteiger partial charge in [0.25, 0.3) is 0 Å². The third kappa shape index (κ3) is 8.58. The molecule has 0 saturated carbocycles. The van der Waals surface area contributed by atoms with Crippen LogP contribution in [-0.2, 0) is 19.1 Å². The van der Waals surface area contributed by atoms with E-state index in [-0.39, 0.29) is 31.3 Å². The SMILES string of the molecule is O=C(CN(CS)CCNC(CS)C(=O)N[C@@H]1[C@@H](O)[C@H](O)[C@@H](CO)O[C@H]1O)N[C@H]1[C@H](O)[C@@H](O)[C@H](CO)O[C@@H]1O. The lowest BCUT2D eigenvalue weighted by Crippen LogP contribution is -2.65. The number of ether oxygens (including phenoxy) is 2. The number of aliphatic hydroxyl groups excluding tert-OH is 8. The van der Waals surface area contributed by atoms with Gasteiger partial charge in [-0.3, -0.25) is 14.5 Å². The van der Waals surface area contributed by atoms with E-state index >= 15 is 0 Å². The highest BCUT2D eigenvalue weighted by molar-refractivity contribution is 7.80. The fraction of sp³-hybridized carbons (Fsp3) is 0.900. The van der Waals surface area contributed by atoms with Gasteiger partial charge in [-0.05, 0) is 0 Å². The number of rotatable bonds is 13. The van der Waals surface area contributed by atoms with Crippen LogP contribution < -0.4 is 16.0 Å². The maximum Gasteiger partial charge on any atom is 0.238 e. The highest BCUT2D eigenvalue weighted by Crippen LogP contribution is 2.21. The summed E-state index contributed by atoms with van der Waals surface area (Å²) >= 11 is 8.30. The van der Waals surface area contributed by atoms with Crippen molar-refractivity contribution in [3.8, 4) is 0 Å². The van der Waals surface area contributed by atoms with Gasteiger partial charge in [0.05, 0.1) is 25.8 Å². The lowest BCUT2D eigenvalue weighted by Gasteiger charge is -2.40. The molecule has 2 saturated heterocycles. The molecule has 38 heavy (non-hydrogen) atoms. The van der Waals surface area contributed by atoms with Crippen molar-refractivity contribution in [1.29, 1.82) is 0 Å². The Bertz CT molecular complexity index is 761. The minimum atomic E-state index is -1.67. The molecule has 2 rings (SSSR count). The number of amides is 2. The van der Waals surface area contributed by atoms with Gasteiger partial charge >= 0.3 is 0 Å². The minimum Gasteiger partial charge on any atom is -0.394 e. The van der Waals surface area contributed by atoms with Gasteiger partial charge in [0.15, 0.2) is 12.6 Å². The van der Waals surface area contributed by atoms with Crippen LogP contribution in [0.25, 0.3) is 0 Å². The highest BCUT2D eigenvalue weighted by atomic mass is 32.1. The number of aliphatic hydroxyl groups is 8. The molecule has 0 aromatic carbocycles. The molecular formula is C20H38N4O12S2. The van der Waals surface area contributed by atoms with Crippen LogP contribution in [0.5, 0.6) is 0 Å². The Morgan fingerprint density at radius 1 is 0.816 bits per heavy atom. The van der Waals surface area contributed by atoms with E-state index < -0.39 is 92.4 Å². The van der Waals surface area contributed by atoms with E-state index in [2.05, 4.69) is 41.2 Å². The fourth-order valence-electron chi connectivity index (χ4n) is 4.04. The minimum absolute atomic E-state index is 0.0173. The van der Waals surface area contributed by atoms with Gasteiger partial charge < -0.3 is 66.3 Å². The maximum absolute atomic E-state index is 12.6. The summed E-state index contributed by atoms with van der Waals surface area (Å²) < 4.78 is 10.0. The van der Waals surface area contributed by atoms with Crippen LogP contribution in [0.15, 0.2) is 0 Å². The molecule has 0 bridgehead atoms. The number of nitrogens with one attached hydrogen (secondary N) is 3. The van der Waals surface area contributed by atoms with Crippen molar-refractivity contribution in [3.63, 3.8) is 0 Å². The Balaban J connectivity index is 1.83. The second kappa shape index (κ2) is 15.8. The summed E-state index contributed by atoms with van der Waals surface area (Å²) in [6.45, 7) is -1.12. The van der Waals surface area contributed by atoms with Gasteiger partial charge in [0.2, 0.25) is 11.8 Å². The molecule has 2 aliphatic heterocycles. The van der Waals surface area contributed by atoms with Crippen LogP contribution in [0.4, 0.5) is 0 Å². The molecule has 0 aliphatic carbocycles. The number of carbonyl (C=O) groups excluding carboxylic acids is 2. The van der Waals surface area contributed by atoms with Crippen molar-refractivity contribution in [3.05, 3.63) is 0 Å². The van der Waals surface area contributed by atoms with E-state index in [4.69, 9.17) is 19.7 Å².